The lowest BCUT2D eigenvalue weighted by molar-refractivity contribution is -0.146. The molecule has 0 bridgehead atoms. The summed E-state index contributed by atoms with van der Waals surface area (Å²) in [6.45, 7) is 7.74. The Balaban J connectivity index is 2.73. The molecule has 0 spiro atoms. The SMILES string of the molecule is CCOC(=O)COC(=O)c1c(C)nn(CC)c1C. The van der Waals surface area contributed by atoms with Gasteiger partial charge < -0.3 is 9.47 Å². The normalized spacial score (nSPS) is 10.2. The van der Waals surface area contributed by atoms with E-state index in [0.29, 0.717) is 17.8 Å². The predicted molar refractivity (Wildman–Crippen MR) is 64.3 cm³/mol. The molecule has 1 heterocycles. The van der Waals surface area contributed by atoms with E-state index in [0.717, 1.165) is 5.69 Å². The van der Waals surface area contributed by atoms with Crippen molar-refractivity contribution in [2.24, 2.45) is 0 Å². The van der Waals surface area contributed by atoms with Gasteiger partial charge in [0.25, 0.3) is 0 Å². The second-order valence-corrected chi connectivity index (χ2v) is 3.74. The van der Waals surface area contributed by atoms with Crippen molar-refractivity contribution in [2.45, 2.75) is 34.2 Å². The van der Waals surface area contributed by atoms with Crippen molar-refractivity contribution >= 4 is 11.9 Å². The van der Waals surface area contributed by atoms with Gasteiger partial charge >= 0.3 is 11.9 Å². The Kier molecular flexibility index (Phi) is 4.88. The van der Waals surface area contributed by atoms with Crippen LogP contribution < -0.4 is 0 Å². The summed E-state index contributed by atoms with van der Waals surface area (Å²) in [6.07, 6.45) is 0. The minimum atomic E-state index is -0.552. The Labute approximate surface area is 106 Å². The number of hydrogen-bond acceptors (Lipinski definition) is 5. The van der Waals surface area contributed by atoms with E-state index in [1.54, 1.807) is 25.5 Å². The molecule has 6 heteroatoms. The van der Waals surface area contributed by atoms with Crippen LogP contribution in [0, 0.1) is 13.8 Å². The zero-order valence-electron chi connectivity index (χ0n) is 11.1. The summed E-state index contributed by atoms with van der Waals surface area (Å²) in [5.74, 6) is -1.10. The molecule has 0 saturated carbocycles. The molecular formula is C12H18N2O4. The third-order valence-electron chi connectivity index (χ3n) is 2.51. The maximum atomic E-state index is 11.8. The lowest BCUT2D eigenvalue weighted by Crippen LogP contribution is -2.17. The molecule has 1 aromatic heterocycles. The standard InChI is InChI=1S/C12H18N2O4/c1-5-14-9(4)11(8(3)13-14)12(16)18-7-10(15)17-6-2/h5-7H2,1-4H3. The van der Waals surface area contributed by atoms with Crippen LogP contribution >= 0.6 is 0 Å². The van der Waals surface area contributed by atoms with Crippen LogP contribution in [0.3, 0.4) is 0 Å². The topological polar surface area (TPSA) is 70.4 Å². The van der Waals surface area contributed by atoms with Gasteiger partial charge in [-0.25, -0.2) is 9.59 Å². The Hall–Kier alpha value is -1.85. The monoisotopic (exact) mass is 254 g/mol. The number of rotatable bonds is 5. The zero-order valence-corrected chi connectivity index (χ0v) is 11.1. The highest BCUT2D eigenvalue weighted by atomic mass is 16.6. The van der Waals surface area contributed by atoms with Crippen molar-refractivity contribution < 1.29 is 19.1 Å². The molecular weight excluding hydrogens is 236 g/mol. The van der Waals surface area contributed by atoms with Crippen LogP contribution in [0.4, 0.5) is 0 Å². The van der Waals surface area contributed by atoms with Gasteiger partial charge in [-0.3, -0.25) is 4.68 Å². The molecule has 1 rings (SSSR count). The van der Waals surface area contributed by atoms with Gasteiger partial charge in [0.05, 0.1) is 18.0 Å². The van der Waals surface area contributed by atoms with Crippen molar-refractivity contribution in [3.05, 3.63) is 17.0 Å². The van der Waals surface area contributed by atoms with E-state index < -0.39 is 11.9 Å². The Morgan fingerprint density at radius 1 is 1.22 bits per heavy atom. The molecule has 100 valence electrons. The molecule has 0 saturated heterocycles. The van der Waals surface area contributed by atoms with Gasteiger partial charge in [0.2, 0.25) is 0 Å². The third-order valence-corrected chi connectivity index (χ3v) is 2.51. The lowest BCUT2D eigenvalue weighted by Gasteiger charge is -2.05. The van der Waals surface area contributed by atoms with E-state index in [9.17, 15) is 9.59 Å². The van der Waals surface area contributed by atoms with Crippen molar-refractivity contribution in [1.29, 1.82) is 0 Å². The molecule has 0 radical (unpaired) electrons. The maximum Gasteiger partial charge on any atom is 0.344 e. The molecule has 18 heavy (non-hydrogen) atoms. The van der Waals surface area contributed by atoms with Gasteiger partial charge in [-0.2, -0.15) is 5.10 Å². The second kappa shape index (κ2) is 6.18. The van der Waals surface area contributed by atoms with E-state index in [2.05, 4.69) is 9.84 Å². The summed E-state index contributed by atoms with van der Waals surface area (Å²) in [6, 6.07) is 0. The average Bonchev–Trinajstić information content (AvgIpc) is 2.61. The fourth-order valence-electron chi connectivity index (χ4n) is 1.70. The quantitative estimate of drug-likeness (QED) is 0.739. The van der Waals surface area contributed by atoms with E-state index >= 15 is 0 Å². The molecule has 0 amide bonds. The number of nitrogens with zero attached hydrogens (tertiary/aromatic N) is 2. The van der Waals surface area contributed by atoms with Crippen LogP contribution in [0.25, 0.3) is 0 Å². The molecule has 0 atom stereocenters. The van der Waals surface area contributed by atoms with Crippen LogP contribution in [0.2, 0.25) is 0 Å². The number of carbonyl (C=O) groups excluding carboxylic acids is 2. The first-order valence-corrected chi connectivity index (χ1v) is 5.88. The first kappa shape index (κ1) is 14.2. The van der Waals surface area contributed by atoms with Crippen LogP contribution in [0.1, 0.15) is 35.6 Å². The average molecular weight is 254 g/mol. The number of aromatic nitrogens is 2. The largest absolute Gasteiger partial charge is 0.463 e. The predicted octanol–water partition coefficient (Wildman–Crippen LogP) is 1.24. The minimum absolute atomic E-state index is 0.266. The lowest BCUT2D eigenvalue weighted by atomic mass is 10.2. The smallest absolute Gasteiger partial charge is 0.344 e. The third kappa shape index (κ3) is 3.09. The van der Waals surface area contributed by atoms with Crippen LogP contribution in [0.5, 0.6) is 0 Å². The highest BCUT2D eigenvalue weighted by Gasteiger charge is 2.20. The number of esters is 2. The van der Waals surface area contributed by atoms with Gasteiger partial charge in [0.1, 0.15) is 5.56 Å². The highest BCUT2D eigenvalue weighted by Crippen LogP contribution is 2.14. The molecule has 0 aliphatic carbocycles. The molecule has 1 aromatic rings. The number of carbonyl (C=O) groups is 2. The summed E-state index contributed by atoms with van der Waals surface area (Å²) in [5, 5.41) is 4.21. The molecule has 6 nitrogen and oxygen atoms in total. The highest BCUT2D eigenvalue weighted by molar-refractivity contribution is 5.93. The fourth-order valence-corrected chi connectivity index (χ4v) is 1.70. The molecule has 0 N–H and O–H groups in total. The molecule has 0 aliphatic rings. The van der Waals surface area contributed by atoms with Crippen molar-refractivity contribution in [3.63, 3.8) is 0 Å². The second-order valence-electron chi connectivity index (χ2n) is 3.74. The summed E-state index contributed by atoms with van der Waals surface area (Å²) in [5.41, 5.74) is 1.76. The van der Waals surface area contributed by atoms with Gasteiger partial charge in [0, 0.05) is 6.54 Å². The van der Waals surface area contributed by atoms with Crippen molar-refractivity contribution in [1.82, 2.24) is 9.78 Å². The molecule has 0 unspecified atom stereocenters. The Morgan fingerprint density at radius 3 is 2.39 bits per heavy atom. The molecule has 0 fully saturated rings. The first-order valence-electron chi connectivity index (χ1n) is 5.88. The fraction of sp³-hybridized carbons (Fsp3) is 0.583. The minimum Gasteiger partial charge on any atom is -0.463 e. The van der Waals surface area contributed by atoms with Crippen molar-refractivity contribution in [3.8, 4) is 0 Å². The van der Waals surface area contributed by atoms with Crippen LogP contribution in [-0.4, -0.2) is 34.9 Å². The van der Waals surface area contributed by atoms with Gasteiger partial charge in [-0.1, -0.05) is 0 Å². The van der Waals surface area contributed by atoms with Gasteiger partial charge in [0.15, 0.2) is 6.61 Å². The summed E-state index contributed by atoms with van der Waals surface area (Å²) < 4.78 is 11.3. The number of ether oxygens (including phenoxy) is 2. The Morgan fingerprint density at radius 2 is 1.89 bits per heavy atom. The van der Waals surface area contributed by atoms with Gasteiger partial charge in [-0.05, 0) is 27.7 Å². The van der Waals surface area contributed by atoms with Crippen LogP contribution in [0.15, 0.2) is 0 Å². The molecule has 0 aliphatic heterocycles. The zero-order chi connectivity index (χ0) is 13.7. The first-order chi connectivity index (χ1) is 8.51. The van der Waals surface area contributed by atoms with Crippen LogP contribution in [-0.2, 0) is 20.8 Å². The summed E-state index contributed by atoms with van der Waals surface area (Å²) >= 11 is 0. The van der Waals surface area contributed by atoms with E-state index in [1.165, 1.54) is 0 Å². The maximum absolute atomic E-state index is 11.8. The van der Waals surface area contributed by atoms with Crippen molar-refractivity contribution in [2.75, 3.05) is 13.2 Å². The van der Waals surface area contributed by atoms with Gasteiger partial charge in [-0.15, -0.1) is 0 Å². The number of hydrogen-bond donors (Lipinski definition) is 0. The summed E-state index contributed by atoms with van der Waals surface area (Å²) in [7, 11) is 0. The van der Waals surface area contributed by atoms with E-state index in [4.69, 9.17) is 4.74 Å². The summed E-state index contributed by atoms with van der Waals surface area (Å²) in [4.78, 5) is 22.9. The van der Waals surface area contributed by atoms with E-state index in [-0.39, 0.29) is 13.2 Å². The van der Waals surface area contributed by atoms with E-state index in [1.807, 2.05) is 6.92 Å². The Bertz CT molecular complexity index is 451. The number of aryl methyl sites for hydroxylation is 2. The molecule has 0 aromatic carbocycles.